The summed E-state index contributed by atoms with van der Waals surface area (Å²) in [5.74, 6) is 0. The van der Waals surface area contributed by atoms with Gasteiger partial charge in [-0.3, -0.25) is 9.55 Å². The minimum atomic E-state index is -3.67. The minimum Gasteiger partial charge on any atom is -0.384 e. The first kappa shape index (κ1) is 21.8. The van der Waals surface area contributed by atoms with Crippen molar-refractivity contribution in [3.63, 3.8) is 0 Å². The molecular weight excluding hydrogens is 412 g/mol. The topological polar surface area (TPSA) is 99.0 Å². The third-order valence-electron chi connectivity index (χ3n) is 5.14. The zero-order valence-electron chi connectivity index (χ0n) is 16.8. The third-order valence-corrected chi connectivity index (χ3v) is 5.38. The summed E-state index contributed by atoms with van der Waals surface area (Å²) in [5.41, 5.74) is 8.61. The molecule has 1 aromatic carbocycles. The van der Waals surface area contributed by atoms with E-state index in [2.05, 4.69) is 26.1 Å². The molecule has 2 aliphatic heterocycles. The van der Waals surface area contributed by atoms with Crippen molar-refractivity contribution in [2.24, 2.45) is 4.99 Å². The number of rotatable bonds is 2. The van der Waals surface area contributed by atoms with Crippen LogP contribution in [0.15, 0.2) is 51.7 Å². The standard InChI is InChI=1S/C20H21ClN2O.CH4O3S/c1-4-5-13-9-16(24)18-11(3)19-17(10(2)20(18)22-13)14-8-12(21)6-7-15(14)23-19;1-5(2,3)4/h6-9,16,19,23-24H,4-5H2,1-3H3;1H3,(H,2,3,4). The van der Waals surface area contributed by atoms with Crippen molar-refractivity contribution >= 4 is 38.7 Å². The van der Waals surface area contributed by atoms with Crippen molar-refractivity contribution in [3.05, 3.63) is 57.3 Å². The number of halogens is 1. The van der Waals surface area contributed by atoms with Crippen molar-refractivity contribution in [2.45, 2.75) is 45.8 Å². The van der Waals surface area contributed by atoms with Gasteiger partial charge in [0.15, 0.2) is 0 Å². The van der Waals surface area contributed by atoms with Gasteiger partial charge in [-0.05, 0) is 61.3 Å². The average Bonchev–Trinajstić information content (AvgIpc) is 2.97. The molecule has 0 bridgehead atoms. The first-order valence-corrected chi connectivity index (χ1v) is 11.6. The minimum absolute atomic E-state index is 0.0863. The Hall–Kier alpha value is -1.93. The highest BCUT2D eigenvalue weighted by Gasteiger charge is 2.39. The highest BCUT2D eigenvalue weighted by molar-refractivity contribution is 7.85. The Kier molecular flexibility index (Phi) is 6.06. The van der Waals surface area contributed by atoms with Crippen LogP contribution >= 0.6 is 11.6 Å². The molecule has 0 saturated heterocycles. The maximum absolute atomic E-state index is 10.7. The molecular formula is C21H25ClN2O4S. The summed E-state index contributed by atoms with van der Waals surface area (Å²) in [6.07, 6.45) is 3.94. The number of hydrogen-bond donors (Lipinski definition) is 3. The van der Waals surface area contributed by atoms with Crippen LogP contribution in [-0.4, -0.2) is 42.2 Å². The summed E-state index contributed by atoms with van der Waals surface area (Å²) in [5, 5.41) is 15.0. The van der Waals surface area contributed by atoms with Crippen molar-refractivity contribution in [1.29, 1.82) is 0 Å². The smallest absolute Gasteiger partial charge is 0.261 e. The van der Waals surface area contributed by atoms with E-state index in [1.807, 2.05) is 24.3 Å². The molecule has 0 amide bonds. The van der Waals surface area contributed by atoms with Gasteiger partial charge in [0.2, 0.25) is 0 Å². The van der Waals surface area contributed by atoms with Crippen LogP contribution in [-0.2, 0) is 10.1 Å². The number of hydrogen-bond acceptors (Lipinski definition) is 5. The van der Waals surface area contributed by atoms with Gasteiger partial charge in [0.1, 0.15) is 6.10 Å². The number of aliphatic imine (C=N–C) groups is 1. The molecule has 0 spiro atoms. The zero-order valence-corrected chi connectivity index (χ0v) is 18.4. The number of fused-ring (bicyclic) bond motifs is 4. The number of aliphatic hydroxyl groups is 1. The Balaban J connectivity index is 0.000000431. The lowest BCUT2D eigenvalue weighted by Gasteiger charge is -2.32. The molecule has 4 rings (SSSR count). The Bertz CT molecular complexity index is 1080. The molecule has 2 heterocycles. The monoisotopic (exact) mass is 436 g/mol. The highest BCUT2D eigenvalue weighted by atomic mass is 35.5. The fourth-order valence-electron chi connectivity index (χ4n) is 4.02. The van der Waals surface area contributed by atoms with Crippen molar-refractivity contribution in [2.75, 3.05) is 11.6 Å². The number of anilines is 1. The van der Waals surface area contributed by atoms with Gasteiger partial charge in [-0.25, -0.2) is 0 Å². The number of aliphatic hydroxyl groups excluding tert-OH is 1. The van der Waals surface area contributed by atoms with E-state index in [1.165, 1.54) is 5.57 Å². The molecule has 2 atom stereocenters. The van der Waals surface area contributed by atoms with Crippen LogP contribution in [0.25, 0.3) is 5.57 Å². The average molecular weight is 437 g/mol. The van der Waals surface area contributed by atoms with E-state index in [0.717, 1.165) is 57.2 Å². The zero-order chi connectivity index (χ0) is 21.5. The van der Waals surface area contributed by atoms with E-state index in [4.69, 9.17) is 21.1 Å². The van der Waals surface area contributed by atoms with Crippen LogP contribution in [0.2, 0.25) is 5.02 Å². The van der Waals surface area contributed by atoms with Crippen molar-refractivity contribution in [1.82, 2.24) is 0 Å². The van der Waals surface area contributed by atoms with Crippen LogP contribution < -0.4 is 5.32 Å². The molecule has 0 fully saturated rings. The third kappa shape index (κ3) is 4.48. The number of nitrogens with zero attached hydrogens (tertiary/aromatic N) is 1. The fourth-order valence-corrected chi connectivity index (χ4v) is 4.19. The first-order chi connectivity index (χ1) is 13.5. The molecule has 1 aliphatic carbocycles. The second kappa shape index (κ2) is 8.07. The van der Waals surface area contributed by atoms with Crippen LogP contribution in [0.4, 0.5) is 5.69 Å². The predicted molar refractivity (Wildman–Crippen MR) is 118 cm³/mol. The van der Waals surface area contributed by atoms with Gasteiger partial charge in [-0.15, -0.1) is 0 Å². The molecule has 0 radical (unpaired) electrons. The Labute approximate surface area is 176 Å². The van der Waals surface area contributed by atoms with Gasteiger partial charge in [0, 0.05) is 27.5 Å². The van der Waals surface area contributed by atoms with E-state index in [1.54, 1.807) is 0 Å². The maximum atomic E-state index is 10.7. The summed E-state index contributed by atoms with van der Waals surface area (Å²) in [4.78, 5) is 4.87. The van der Waals surface area contributed by atoms with E-state index < -0.39 is 16.2 Å². The Morgan fingerprint density at radius 1 is 1.24 bits per heavy atom. The number of allylic oxidation sites excluding steroid dienone is 2. The molecule has 3 N–H and O–H groups in total. The van der Waals surface area contributed by atoms with Gasteiger partial charge in [0.05, 0.1) is 18.0 Å². The quantitative estimate of drug-likeness (QED) is 0.602. The summed E-state index contributed by atoms with van der Waals surface area (Å²) in [6, 6.07) is 6.03. The van der Waals surface area contributed by atoms with Gasteiger partial charge in [-0.2, -0.15) is 8.42 Å². The molecule has 1 aromatic rings. The largest absolute Gasteiger partial charge is 0.384 e. The maximum Gasteiger partial charge on any atom is 0.261 e. The van der Waals surface area contributed by atoms with Gasteiger partial charge in [-0.1, -0.05) is 24.9 Å². The van der Waals surface area contributed by atoms with Crippen LogP contribution in [0.1, 0.15) is 39.2 Å². The summed E-state index contributed by atoms with van der Waals surface area (Å²) < 4.78 is 25.9. The SMILES string of the molecule is CCCC1=CC(O)C2=C(C)C3Nc4ccc(Cl)cc4C3=C(C)C2=N1.CS(=O)(=O)O. The summed E-state index contributed by atoms with van der Waals surface area (Å²) in [7, 11) is -3.67. The molecule has 6 nitrogen and oxygen atoms in total. The van der Waals surface area contributed by atoms with E-state index >= 15 is 0 Å². The highest BCUT2D eigenvalue weighted by Crippen LogP contribution is 2.46. The number of nitrogens with one attached hydrogen (secondary N) is 1. The lowest BCUT2D eigenvalue weighted by Crippen LogP contribution is -2.33. The van der Waals surface area contributed by atoms with Crippen LogP contribution in [0.3, 0.4) is 0 Å². The van der Waals surface area contributed by atoms with Crippen molar-refractivity contribution in [3.8, 4) is 0 Å². The van der Waals surface area contributed by atoms with E-state index in [9.17, 15) is 13.5 Å². The fraction of sp³-hybridized carbons (Fsp3) is 0.381. The summed E-state index contributed by atoms with van der Waals surface area (Å²) in [6.45, 7) is 6.32. The molecule has 8 heteroatoms. The van der Waals surface area contributed by atoms with E-state index in [0.29, 0.717) is 6.26 Å². The molecule has 0 saturated carbocycles. The van der Waals surface area contributed by atoms with Gasteiger partial charge < -0.3 is 10.4 Å². The Morgan fingerprint density at radius 2 is 1.90 bits per heavy atom. The molecule has 0 aromatic heterocycles. The molecule has 2 unspecified atom stereocenters. The normalized spacial score (nSPS) is 22.6. The van der Waals surface area contributed by atoms with Gasteiger partial charge in [0.25, 0.3) is 10.1 Å². The van der Waals surface area contributed by atoms with E-state index in [-0.39, 0.29) is 6.04 Å². The van der Waals surface area contributed by atoms with Crippen LogP contribution in [0.5, 0.6) is 0 Å². The summed E-state index contributed by atoms with van der Waals surface area (Å²) >= 11 is 6.22. The Morgan fingerprint density at radius 3 is 2.52 bits per heavy atom. The first-order valence-electron chi connectivity index (χ1n) is 9.39. The van der Waals surface area contributed by atoms with Gasteiger partial charge >= 0.3 is 0 Å². The lowest BCUT2D eigenvalue weighted by atomic mass is 9.78. The predicted octanol–water partition coefficient (Wildman–Crippen LogP) is 4.24. The molecule has 156 valence electrons. The number of benzene rings is 1. The van der Waals surface area contributed by atoms with Crippen LogP contribution in [0, 0.1) is 0 Å². The second-order valence-electron chi connectivity index (χ2n) is 7.45. The second-order valence-corrected chi connectivity index (χ2v) is 9.35. The molecule has 3 aliphatic rings. The van der Waals surface area contributed by atoms with Crippen molar-refractivity contribution < 1.29 is 18.1 Å². The molecule has 29 heavy (non-hydrogen) atoms. The lowest BCUT2D eigenvalue weighted by molar-refractivity contribution is 0.261.